The van der Waals surface area contributed by atoms with Gasteiger partial charge in [-0.25, -0.2) is 14.6 Å². The minimum absolute atomic E-state index is 0.153. The first-order valence-electron chi connectivity index (χ1n) is 11.8. The van der Waals surface area contributed by atoms with Gasteiger partial charge in [-0.1, -0.05) is 29.8 Å². The van der Waals surface area contributed by atoms with Crippen LogP contribution in [-0.2, 0) is 9.47 Å². The van der Waals surface area contributed by atoms with Crippen molar-refractivity contribution in [3.05, 3.63) is 40.2 Å². The summed E-state index contributed by atoms with van der Waals surface area (Å²) in [7, 11) is 0. The summed E-state index contributed by atoms with van der Waals surface area (Å²) >= 11 is 7.99. The Bertz CT molecular complexity index is 1110. The molecule has 188 valence electrons. The molecule has 1 atom stereocenters. The number of rotatable bonds is 4. The Balaban J connectivity index is 1.33. The number of ether oxygens (including phenoxy) is 2. The molecule has 0 bridgehead atoms. The average Bonchev–Trinajstić information content (AvgIpc) is 3.27. The second-order valence-corrected chi connectivity index (χ2v) is 10.9. The number of hydrogen-bond acceptors (Lipinski definition) is 6. The molecule has 0 aliphatic carbocycles. The highest BCUT2D eigenvalue weighted by Gasteiger charge is 2.28. The number of thiazole rings is 1. The first-order chi connectivity index (χ1) is 16.7. The minimum atomic E-state index is -0.552. The smallest absolute Gasteiger partial charge is 0.410 e. The first kappa shape index (κ1) is 25.5. The van der Waals surface area contributed by atoms with Crippen molar-refractivity contribution >= 4 is 46.5 Å². The quantitative estimate of drug-likeness (QED) is 0.534. The SMILES string of the molecule is CC(C)(C)OC(=O)N1CCC[C@H](NC(=O)Nc2csc(-c3ccc(C4=CCOCC4)c(Cl)c3)n2)C1. The summed E-state index contributed by atoms with van der Waals surface area (Å²) in [5.41, 5.74) is 2.55. The molecule has 4 rings (SSSR count). The van der Waals surface area contributed by atoms with Gasteiger partial charge in [0.1, 0.15) is 16.4 Å². The van der Waals surface area contributed by atoms with E-state index in [4.69, 9.17) is 21.1 Å². The molecule has 2 aliphatic rings. The van der Waals surface area contributed by atoms with Gasteiger partial charge in [-0.05, 0) is 57.2 Å². The van der Waals surface area contributed by atoms with Gasteiger partial charge in [-0.2, -0.15) is 0 Å². The highest BCUT2D eigenvalue weighted by atomic mass is 35.5. The number of hydrogen-bond donors (Lipinski definition) is 2. The molecule has 10 heteroatoms. The number of halogens is 1. The third-order valence-electron chi connectivity index (χ3n) is 5.68. The Labute approximate surface area is 214 Å². The van der Waals surface area contributed by atoms with Gasteiger partial charge >= 0.3 is 12.1 Å². The molecular weight excluding hydrogens is 488 g/mol. The molecule has 3 heterocycles. The molecule has 1 aromatic heterocycles. The van der Waals surface area contributed by atoms with Crippen molar-refractivity contribution in [1.82, 2.24) is 15.2 Å². The summed E-state index contributed by atoms with van der Waals surface area (Å²) in [4.78, 5) is 31.1. The van der Waals surface area contributed by atoms with Crippen LogP contribution < -0.4 is 10.6 Å². The Morgan fingerprint density at radius 2 is 2.14 bits per heavy atom. The van der Waals surface area contributed by atoms with Crippen LogP contribution in [0.15, 0.2) is 29.7 Å². The molecule has 0 unspecified atom stereocenters. The molecule has 1 aromatic carbocycles. The monoisotopic (exact) mass is 518 g/mol. The van der Waals surface area contributed by atoms with Crippen molar-refractivity contribution < 1.29 is 19.1 Å². The second kappa shape index (κ2) is 11.0. The van der Waals surface area contributed by atoms with Crippen molar-refractivity contribution in [2.24, 2.45) is 0 Å². The Hall–Kier alpha value is -2.62. The second-order valence-electron chi connectivity index (χ2n) is 9.65. The molecule has 1 saturated heterocycles. The number of nitrogens with zero attached hydrogens (tertiary/aromatic N) is 2. The van der Waals surface area contributed by atoms with E-state index in [2.05, 4.69) is 21.7 Å². The third-order valence-corrected chi connectivity index (χ3v) is 6.88. The van der Waals surface area contributed by atoms with Crippen LogP contribution in [0.4, 0.5) is 15.4 Å². The van der Waals surface area contributed by atoms with Crippen LogP contribution in [-0.4, -0.2) is 60.0 Å². The lowest BCUT2D eigenvalue weighted by Crippen LogP contribution is -2.51. The zero-order valence-corrected chi connectivity index (χ0v) is 21.8. The molecule has 2 N–H and O–H groups in total. The Morgan fingerprint density at radius 3 is 2.86 bits per heavy atom. The highest BCUT2D eigenvalue weighted by molar-refractivity contribution is 7.13. The number of carbonyl (C=O) groups is 2. The van der Waals surface area contributed by atoms with Gasteiger partial charge in [0.15, 0.2) is 0 Å². The summed E-state index contributed by atoms with van der Waals surface area (Å²) in [5, 5.41) is 8.98. The first-order valence-corrected chi connectivity index (χ1v) is 13.0. The zero-order chi connectivity index (χ0) is 25.0. The lowest BCUT2D eigenvalue weighted by Gasteiger charge is -2.34. The fourth-order valence-electron chi connectivity index (χ4n) is 4.07. The summed E-state index contributed by atoms with van der Waals surface area (Å²) in [5.74, 6) is 0.467. The van der Waals surface area contributed by atoms with Crippen molar-refractivity contribution in [3.8, 4) is 10.6 Å². The topological polar surface area (TPSA) is 92.8 Å². The number of aromatic nitrogens is 1. The van der Waals surface area contributed by atoms with Crippen LogP contribution in [0, 0.1) is 0 Å². The standard InChI is InChI=1S/C25H31ClN4O4S/c1-25(2,3)34-24(32)30-10-4-5-18(14-30)27-23(31)29-21-15-35-22(28-21)17-6-7-19(20(26)13-17)16-8-11-33-12-9-16/h6-8,13,15,18H,4-5,9-12,14H2,1-3H3,(H2,27,29,31)/t18-/m0/s1. The van der Waals surface area contributed by atoms with Gasteiger partial charge in [-0.3, -0.25) is 5.32 Å². The van der Waals surface area contributed by atoms with Crippen molar-refractivity contribution in [2.45, 2.75) is 51.7 Å². The summed E-state index contributed by atoms with van der Waals surface area (Å²) in [6, 6.07) is 5.41. The number of anilines is 1. The molecule has 2 aliphatic heterocycles. The third kappa shape index (κ3) is 6.96. The number of benzene rings is 1. The van der Waals surface area contributed by atoms with Crippen LogP contribution in [0.5, 0.6) is 0 Å². The number of nitrogens with one attached hydrogen (secondary N) is 2. The summed E-state index contributed by atoms with van der Waals surface area (Å²) in [6.45, 7) is 7.86. The Morgan fingerprint density at radius 1 is 1.31 bits per heavy atom. The fraction of sp³-hybridized carbons (Fsp3) is 0.480. The maximum Gasteiger partial charge on any atom is 0.410 e. The van der Waals surface area contributed by atoms with E-state index in [1.165, 1.54) is 16.9 Å². The van der Waals surface area contributed by atoms with Crippen LogP contribution in [0.2, 0.25) is 5.02 Å². The summed E-state index contributed by atoms with van der Waals surface area (Å²) in [6.07, 6.45) is 4.14. The molecule has 2 aromatic rings. The molecule has 0 spiro atoms. The number of urea groups is 1. The van der Waals surface area contributed by atoms with Gasteiger partial charge in [0.2, 0.25) is 0 Å². The van der Waals surface area contributed by atoms with Crippen molar-refractivity contribution in [2.75, 3.05) is 31.6 Å². The van der Waals surface area contributed by atoms with E-state index in [0.717, 1.165) is 35.4 Å². The van der Waals surface area contributed by atoms with Gasteiger partial charge in [0.05, 0.1) is 13.2 Å². The number of amides is 3. The normalized spacial score (nSPS) is 18.6. The van der Waals surface area contributed by atoms with Crippen molar-refractivity contribution in [1.29, 1.82) is 0 Å². The predicted octanol–water partition coefficient (Wildman–Crippen LogP) is 5.79. The summed E-state index contributed by atoms with van der Waals surface area (Å²) < 4.78 is 10.8. The number of piperidine rings is 1. The molecule has 3 amide bonds. The lowest BCUT2D eigenvalue weighted by atomic mass is 10.0. The van der Waals surface area contributed by atoms with E-state index in [9.17, 15) is 9.59 Å². The van der Waals surface area contributed by atoms with Crippen molar-refractivity contribution in [3.63, 3.8) is 0 Å². The van der Waals surface area contributed by atoms with E-state index in [-0.39, 0.29) is 18.2 Å². The van der Waals surface area contributed by atoms with E-state index in [1.807, 2.05) is 39.0 Å². The maximum absolute atomic E-state index is 12.6. The molecular formula is C25H31ClN4O4S. The molecule has 0 radical (unpaired) electrons. The van der Waals surface area contributed by atoms with Crippen LogP contribution >= 0.6 is 22.9 Å². The number of likely N-dealkylation sites (tertiary alicyclic amines) is 1. The fourth-order valence-corrected chi connectivity index (χ4v) is 5.12. The minimum Gasteiger partial charge on any atom is -0.444 e. The Kier molecular flexibility index (Phi) is 7.98. The molecule has 35 heavy (non-hydrogen) atoms. The van der Waals surface area contributed by atoms with Crippen LogP contribution in [0.1, 0.15) is 45.6 Å². The lowest BCUT2D eigenvalue weighted by molar-refractivity contribution is 0.0191. The zero-order valence-electron chi connectivity index (χ0n) is 20.2. The maximum atomic E-state index is 12.6. The highest BCUT2D eigenvalue weighted by Crippen LogP contribution is 2.33. The van der Waals surface area contributed by atoms with E-state index >= 15 is 0 Å². The van der Waals surface area contributed by atoms with Crippen LogP contribution in [0.3, 0.4) is 0 Å². The predicted molar refractivity (Wildman–Crippen MR) is 139 cm³/mol. The van der Waals surface area contributed by atoms with Gasteiger partial charge in [-0.15, -0.1) is 11.3 Å². The largest absolute Gasteiger partial charge is 0.444 e. The molecule has 1 fully saturated rings. The van der Waals surface area contributed by atoms with E-state index in [0.29, 0.717) is 37.1 Å². The molecule has 0 saturated carbocycles. The molecule has 8 nitrogen and oxygen atoms in total. The van der Waals surface area contributed by atoms with E-state index < -0.39 is 5.60 Å². The van der Waals surface area contributed by atoms with E-state index in [1.54, 1.807) is 10.3 Å². The van der Waals surface area contributed by atoms with Crippen LogP contribution in [0.25, 0.3) is 16.1 Å². The van der Waals surface area contributed by atoms with Gasteiger partial charge in [0, 0.05) is 35.1 Å². The average molecular weight is 519 g/mol. The number of carbonyl (C=O) groups excluding carboxylic acids is 2. The van der Waals surface area contributed by atoms with Gasteiger partial charge < -0.3 is 19.7 Å². The van der Waals surface area contributed by atoms with Gasteiger partial charge in [0.25, 0.3) is 0 Å².